The average molecular weight is 276 g/mol. The molecule has 1 amide bonds. The first kappa shape index (κ1) is 15.0. The molecule has 1 N–H and O–H groups in total. The van der Waals surface area contributed by atoms with Gasteiger partial charge in [-0.25, -0.2) is 0 Å². The van der Waals surface area contributed by atoms with Crippen LogP contribution in [0.4, 0.5) is 0 Å². The van der Waals surface area contributed by atoms with E-state index >= 15 is 0 Å². The zero-order valence-corrected chi connectivity index (χ0v) is 12.2. The lowest BCUT2D eigenvalue weighted by atomic mass is 10.1. The minimum absolute atomic E-state index is 0.232. The monoisotopic (exact) mass is 276 g/mol. The van der Waals surface area contributed by atoms with Crippen molar-refractivity contribution in [3.63, 3.8) is 0 Å². The number of β-amino-alcohol motifs (C(OH)–C–C–N with tert-alkyl or cyclic N) is 1. The van der Waals surface area contributed by atoms with Gasteiger partial charge in [0.25, 0.3) is 0 Å². The number of amides is 1. The van der Waals surface area contributed by atoms with Crippen LogP contribution in [0.1, 0.15) is 31.4 Å². The number of aliphatic hydroxyl groups excluding tert-OH is 1. The summed E-state index contributed by atoms with van der Waals surface area (Å²) in [7, 11) is 0. The van der Waals surface area contributed by atoms with E-state index < -0.39 is 6.10 Å². The summed E-state index contributed by atoms with van der Waals surface area (Å²) in [6, 6.07) is 9.76. The van der Waals surface area contributed by atoms with Gasteiger partial charge in [-0.05, 0) is 12.0 Å². The zero-order valence-electron chi connectivity index (χ0n) is 12.2. The molecule has 1 heterocycles. The van der Waals surface area contributed by atoms with Gasteiger partial charge in [0.05, 0.1) is 6.10 Å². The van der Waals surface area contributed by atoms with E-state index in [1.54, 1.807) is 0 Å². The number of carbonyl (C=O) groups is 1. The van der Waals surface area contributed by atoms with Crippen LogP contribution in [0.15, 0.2) is 30.3 Å². The van der Waals surface area contributed by atoms with Gasteiger partial charge in [-0.3, -0.25) is 9.69 Å². The van der Waals surface area contributed by atoms with Crippen molar-refractivity contribution >= 4 is 5.91 Å². The van der Waals surface area contributed by atoms with Crippen molar-refractivity contribution in [3.8, 4) is 0 Å². The summed E-state index contributed by atoms with van der Waals surface area (Å²) < 4.78 is 0. The lowest BCUT2D eigenvalue weighted by Gasteiger charge is -2.24. The Kier molecular flexibility index (Phi) is 5.56. The fraction of sp³-hybridized carbons (Fsp3) is 0.562. The number of benzene rings is 1. The molecule has 0 bridgehead atoms. The molecule has 0 spiro atoms. The molecule has 1 aromatic rings. The first-order valence-electron chi connectivity index (χ1n) is 7.44. The van der Waals surface area contributed by atoms with E-state index in [4.69, 9.17) is 0 Å². The third-order valence-corrected chi connectivity index (χ3v) is 3.86. The van der Waals surface area contributed by atoms with Crippen LogP contribution in [0, 0.1) is 0 Å². The summed E-state index contributed by atoms with van der Waals surface area (Å²) in [6.07, 6.45) is 1.10. The second kappa shape index (κ2) is 7.41. The molecule has 4 nitrogen and oxygen atoms in total. The highest BCUT2D eigenvalue weighted by molar-refractivity contribution is 5.75. The van der Waals surface area contributed by atoms with E-state index in [0.29, 0.717) is 13.0 Å². The van der Waals surface area contributed by atoms with Crippen molar-refractivity contribution in [1.29, 1.82) is 0 Å². The van der Waals surface area contributed by atoms with E-state index in [1.807, 2.05) is 42.2 Å². The van der Waals surface area contributed by atoms with Crippen LogP contribution >= 0.6 is 0 Å². The maximum atomic E-state index is 11.7. The second-order valence-corrected chi connectivity index (χ2v) is 5.31. The average Bonchev–Trinajstić information content (AvgIpc) is 2.73. The van der Waals surface area contributed by atoms with Crippen LogP contribution in [-0.2, 0) is 4.79 Å². The number of hydrogen-bond donors (Lipinski definition) is 1. The molecule has 1 fully saturated rings. The molecule has 1 aromatic carbocycles. The van der Waals surface area contributed by atoms with Gasteiger partial charge in [0.15, 0.2) is 0 Å². The summed E-state index contributed by atoms with van der Waals surface area (Å²) in [5, 5.41) is 10.3. The largest absolute Gasteiger partial charge is 0.387 e. The quantitative estimate of drug-likeness (QED) is 0.909. The molecule has 110 valence electrons. The molecule has 1 atom stereocenters. The normalized spacial score (nSPS) is 18.6. The molecule has 0 radical (unpaired) electrons. The van der Waals surface area contributed by atoms with E-state index in [0.717, 1.165) is 38.2 Å². The van der Waals surface area contributed by atoms with Crippen molar-refractivity contribution in [2.24, 2.45) is 0 Å². The Hall–Kier alpha value is -1.39. The van der Waals surface area contributed by atoms with Gasteiger partial charge >= 0.3 is 0 Å². The summed E-state index contributed by atoms with van der Waals surface area (Å²) >= 11 is 0. The SMILES string of the molecule is CCC(=O)N1CCCN(C[C@@H](O)c2ccccc2)CC1. The minimum Gasteiger partial charge on any atom is -0.387 e. The fourth-order valence-electron chi connectivity index (χ4n) is 2.65. The fourth-order valence-corrected chi connectivity index (χ4v) is 2.65. The van der Waals surface area contributed by atoms with Crippen molar-refractivity contribution in [2.75, 3.05) is 32.7 Å². The Morgan fingerprint density at radius 2 is 1.95 bits per heavy atom. The molecule has 1 saturated heterocycles. The summed E-state index contributed by atoms with van der Waals surface area (Å²) in [5.74, 6) is 0.232. The van der Waals surface area contributed by atoms with E-state index in [2.05, 4.69) is 4.90 Å². The summed E-state index contributed by atoms with van der Waals surface area (Å²) in [6.45, 7) is 5.94. The number of carbonyl (C=O) groups excluding carboxylic acids is 1. The van der Waals surface area contributed by atoms with Gasteiger partial charge < -0.3 is 10.0 Å². The second-order valence-electron chi connectivity index (χ2n) is 5.31. The number of hydrogen-bond acceptors (Lipinski definition) is 3. The molecule has 0 aliphatic carbocycles. The van der Waals surface area contributed by atoms with Gasteiger partial charge in [-0.2, -0.15) is 0 Å². The highest BCUT2D eigenvalue weighted by Gasteiger charge is 2.20. The molecule has 0 unspecified atom stereocenters. The van der Waals surface area contributed by atoms with E-state index in [9.17, 15) is 9.90 Å². The van der Waals surface area contributed by atoms with Crippen LogP contribution in [-0.4, -0.2) is 53.5 Å². The first-order chi connectivity index (χ1) is 9.70. The predicted molar refractivity (Wildman–Crippen MR) is 79.3 cm³/mol. The Morgan fingerprint density at radius 1 is 1.20 bits per heavy atom. The zero-order chi connectivity index (χ0) is 14.4. The van der Waals surface area contributed by atoms with Gasteiger partial charge in [0.1, 0.15) is 0 Å². The molecular formula is C16H24N2O2. The van der Waals surface area contributed by atoms with Crippen LogP contribution in [0.5, 0.6) is 0 Å². The topological polar surface area (TPSA) is 43.8 Å². The number of rotatable bonds is 4. The highest BCUT2D eigenvalue weighted by Crippen LogP contribution is 2.15. The third-order valence-electron chi connectivity index (χ3n) is 3.86. The van der Waals surface area contributed by atoms with Gasteiger partial charge in [0, 0.05) is 39.1 Å². The lowest BCUT2D eigenvalue weighted by molar-refractivity contribution is -0.130. The molecule has 4 heteroatoms. The smallest absolute Gasteiger partial charge is 0.222 e. The Labute approximate surface area is 121 Å². The van der Waals surface area contributed by atoms with Crippen molar-refractivity contribution in [2.45, 2.75) is 25.9 Å². The van der Waals surface area contributed by atoms with E-state index in [1.165, 1.54) is 0 Å². The van der Waals surface area contributed by atoms with Crippen molar-refractivity contribution in [3.05, 3.63) is 35.9 Å². The van der Waals surface area contributed by atoms with Crippen molar-refractivity contribution < 1.29 is 9.90 Å². The van der Waals surface area contributed by atoms with Crippen LogP contribution in [0.2, 0.25) is 0 Å². The van der Waals surface area contributed by atoms with Gasteiger partial charge in [0.2, 0.25) is 5.91 Å². The molecule has 20 heavy (non-hydrogen) atoms. The Bertz CT molecular complexity index is 422. The highest BCUT2D eigenvalue weighted by atomic mass is 16.3. The van der Waals surface area contributed by atoms with Crippen molar-refractivity contribution in [1.82, 2.24) is 9.80 Å². The molecule has 0 saturated carbocycles. The standard InChI is InChI=1S/C16H24N2O2/c1-2-16(20)18-10-6-9-17(11-12-18)13-15(19)14-7-4-3-5-8-14/h3-5,7-8,15,19H,2,6,9-13H2,1H3/t15-/m1/s1. The lowest BCUT2D eigenvalue weighted by Crippen LogP contribution is -2.36. The molecule has 1 aliphatic rings. The van der Waals surface area contributed by atoms with E-state index in [-0.39, 0.29) is 5.91 Å². The maximum absolute atomic E-state index is 11.7. The Balaban J connectivity index is 1.86. The number of nitrogens with zero attached hydrogens (tertiary/aromatic N) is 2. The third kappa shape index (κ3) is 4.05. The number of aliphatic hydroxyl groups is 1. The molecule has 1 aliphatic heterocycles. The Morgan fingerprint density at radius 3 is 2.65 bits per heavy atom. The van der Waals surface area contributed by atoms with Crippen LogP contribution < -0.4 is 0 Å². The van der Waals surface area contributed by atoms with Crippen LogP contribution in [0.3, 0.4) is 0 Å². The molecule has 0 aromatic heterocycles. The van der Waals surface area contributed by atoms with Gasteiger partial charge in [-0.1, -0.05) is 37.3 Å². The van der Waals surface area contributed by atoms with Crippen LogP contribution in [0.25, 0.3) is 0 Å². The summed E-state index contributed by atoms with van der Waals surface area (Å²) in [4.78, 5) is 15.9. The van der Waals surface area contributed by atoms with Gasteiger partial charge in [-0.15, -0.1) is 0 Å². The minimum atomic E-state index is -0.454. The predicted octanol–water partition coefficient (Wildman–Crippen LogP) is 1.66. The summed E-state index contributed by atoms with van der Waals surface area (Å²) in [5.41, 5.74) is 0.957. The maximum Gasteiger partial charge on any atom is 0.222 e. The molecule has 2 rings (SSSR count). The first-order valence-corrected chi connectivity index (χ1v) is 7.44. The molecular weight excluding hydrogens is 252 g/mol.